The fourth-order valence-corrected chi connectivity index (χ4v) is 8.55. The Morgan fingerprint density at radius 2 is 1.85 bits per heavy atom. The second kappa shape index (κ2) is 8.81. The molecule has 0 heterocycles. The van der Waals surface area contributed by atoms with Gasteiger partial charge in [0, 0.05) is 31.8 Å². The minimum absolute atomic E-state index is 0.0382. The van der Waals surface area contributed by atoms with Crippen molar-refractivity contribution in [1.82, 2.24) is 0 Å². The molecule has 4 rings (SSSR count). The lowest BCUT2D eigenvalue weighted by atomic mass is 9.48. The molecule has 0 bridgehead atoms. The van der Waals surface area contributed by atoms with Crippen molar-refractivity contribution in [2.45, 2.75) is 118 Å². The summed E-state index contributed by atoms with van der Waals surface area (Å²) in [6, 6.07) is 0. The third-order valence-corrected chi connectivity index (χ3v) is 10.3. The summed E-state index contributed by atoms with van der Waals surface area (Å²) in [5.41, 5.74) is 2.79. The lowest BCUT2D eigenvalue weighted by Crippen LogP contribution is -2.53. The molecule has 4 nitrogen and oxygen atoms in total. The van der Waals surface area contributed by atoms with Crippen LogP contribution in [0.4, 0.5) is 0 Å². The topological polar surface area (TPSA) is 63.6 Å². The van der Waals surface area contributed by atoms with E-state index in [4.69, 9.17) is 4.74 Å². The Hall–Kier alpha value is -1.16. The molecule has 33 heavy (non-hydrogen) atoms. The number of fused-ring (bicyclic) bond motifs is 4. The Labute approximate surface area is 200 Å². The number of rotatable bonds is 6. The van der Waals surface area contributed by atoms with Crippen molar-refractivity contribution < 1.29 is 19.4 Å². The molecule has 3 fully saturated rings. The van der Waals surface area contributed by atoms with Gasteiger partial charge in [-0.3, -0.25) is 9.59 Å². The van der Waals surface area contributed by atoms with Gasteiger partial charge in [-0.15, -0.1) is 0 Å². The number of hydrogen-bond acceptors (Lipinski definition) is 4. The van der Waals surface area contributed by atoms with Crippen molar-refractivity contribution in [1.29, 1.82) is 0 Å². The monoisotopic (exact) mass is 458 g/mol. The van der Waals surface area contributed by atoms with Gasteiger partial charge >= 0.3 is 5.97 Å². The molecule has 0 saturated heterocycles. The van der Waals surface area contributed by atoms with E-state index in [1.54, 1.807) is 0 Å². The molecule has 0 aliphatic heterocycles. The van der Waals surface area contributed by atoms with E-state index in [1.165, 1.54) is 37.3 Å². The maximum absolute atomic E-state index is 13.5. The van der Waals surface area contributed by atoms with Gasteiger partial charge < -0.3 is 9.84 Å². The first kappa shape index (κ1) is 24.9. The Balaban J connectivity index is 1.57. The van der Waals surface area contributed by atoms with E-state index in [0.29, 0.717) is 42.3 Å². The predicted octanol–water partition coefficient (Wildman–Crippen LogP) is 6.60. The third-order valence-electron chi connectivity index (χ3n) is 10.3. The van der Waals surface area contributed by atoms with Crippen molar-refractivity contribution in [3.63, 3.8) is 0 Å². The Bertz CT molecular complexity index is 827. The van der Waals surface area contributed by atoms with E-state index in [1.807, 2.05) is 0 Å². The number of ketones is 1. The number of esters is 1. The van der Waals surface area contributed by atoms with Crippen LogP contribution in [0.25, 0.3) is 0 Å². The number of allylic oxidation sites excluding steroid dienone is 2. The first-order valence-corrected chi connectivity index (χ1v) is 13.6. The number of hydrogen-bond donors (Lipinski definition) is 1. The first-order chi connectivity index (χ1) is 15.4. The van der Waals surface area contributed by atoms with Crippen molar-refractivity contribution in [3.8, 4) is 0 Å². The lowest BCUT2D eigenvalue weighted by Gasteiger charge is -2.57. The molecule has 4 aliphatic carbocycles. The van der Waals surface area contributed by atoms with Crippen LogP contribution in [0.1, 0.15) is 112 Å². The van der Waals surface area contributed by atoms with Crippen LogP contribution < -0.4 is 0 Å². The molecule has 4 heteroatoms. The minimum Gasteiger partial charge on any atom is -0.433 e. The van der Waals surface area contributed by atoms with Gasteiger partial charge in [0.25, 0.3) is 0 Å². The summed E-state index contributed by atoms with van der Waals surface area (Å²) < 4.78 is 5.35. The van der Waals surface area contributed by atoms with Crippen LogP contribution in [-0.2, 0) is 14.3 Å². The Kier molecular flexibility index (Phi) is 6.66. The number of carbonyl (C=O) groups excluding carboxylic acids is 2. The van der Waals surface area contributed by atoms with E-state index >= 15 is 0 Å². The predicted molar refractivity (Wildman–Crippen MR) is 130 cm³/mol. The van der Waals surface area contributed by atoms with Crippen LogP contribution in [0.5, 0.6) is 0 Å². The average molecular weight is 459 g/mol. The summed E-state index contributed by atoms with van der Waals surface area (Å²) in [6.07, 6.45) is 10.6. The largest absolute Gasteiger partial charge is 0.433 e. The highest BCUT2D eigenvalue weighted by Crippen LogP contribution is 2.65. The second-order valence-corrected chi connectivity index (χ2v) is 12.9. The van der Waals surface area contributed by atoms with E-state index in [2.05, 4.69) is 34.6 Å². The summed E-state index contributed by atoms with van der Waals surface area (Å²) in [7, 11) is 0. The standard InChI is InChI=1S/C29H46O4/c1-18(2)8-7-9-19(3)24-16-25(31)26-22-11-10-21-17-29(32,33-20(4)30)15-14-27(21,5)23(22)12-13-28(24,26)6/h18-19,21,23-24,32H,7-17H2,1-6H3/t19-,21+,23+,24-,27+,28-,29+/m1/s1. The Morgan fingerprint density at radius 1 is 1.12 bits per heavy atom. The fraction of sp³-hybridized carbons (Fsp3) is 0.862. The number of Topliss-reactive ketones (excluding diaryl/α,β-unsaturated/α-hetero) is 1. The van der Waals surface area contributed by atoms with Crippen LogP contribution in [-0.4, -0.2) is 22.6 Å². The van der Waals surface area contributed by atoms with Gasteiger partial charge in [0.2, 0.25) is 5.79 Å². The normalized spacial score (nSPS) is 41.5. The summed E-state index contributed by atoms with van der Waals surface area (Å²) in [6.45, 7) is 13.1. The van der Waals surface area contributed by atoms with Crippen molar-refractivity contribution in [3.05, 3.63) is 11.1 Å². The maximum atomic E-state index is 13.5. The van der Waals surface area contributed by atoms with Gasteiger partial charge in [-0.2, -0.15) is 0 Å². The molecule has 0 unspecified atom stereocenters. The van der Waals surface area contributed by atoms with Crippen molar-refractivity contribution in [2.24, 2.45) is 40.4 Å². The van der Waals surface area contributed by atoms with Crippen molar-refractivity contribution in [2.75, 3.05) is 0 Å². The average Bonchev–Trinajstić information content (AvgIpc) is 2.98. The SMILES string of the molecule is CC(=O)O[C@@]1(O)CC[C@@]2(C)[C@@H](CCC3=C4C(=O)C[C@H]([C@H](C)CCCC(C)C)[C@@]4(C)CC[C@@H]32)C1. The molecule has 0 amide bonds. The van der Waals surface area contributed by atoms with Gasteiger partial charge in [0.15, 0.2) is 5.78 Å². The molecule has 0 aromatic heterocycles. The summed E-state index contributed by atoms with van der Waals surface area (Å²) in [5, 5.41) is 10.9. The van der Waals surface area contributed by atoms with Crippen molar-refractivity contribution >= 4 is 11.8 Å². The quantitative estimate of drug-likeness (QED) is 0.360. The highest BCUT2D eigenvalue weighted by molar-refractivity contribution is 6.00. The zero-order valence-corrected chi connectivity index (χ0v) is 21.8. The van der Waals surface area contributed by atoms with Crippen LogP contribution in [0, 0.1) is 40.4 Å². The zero-order chi connectivity index (χ0) is 24.2. The van der Waals surface area contributed by atoms with Gasteiger partial charge in [0.05, 0.1) is 0 Å². The molecule has 4 aliphatic rings. The number of aliphatic hydroxyl groups is 1. The van der Waals surface area contributed by atoms with E-state index in [9.17, 15) is 14.7 Å². The lowest BCUT2D eigenvalue weighted by molar-refractivity contribution is -0.241. The van der Waals surface area contributed by atoms with E-state index in [0.717, 1.165) is 44.4 Å². The zero-order valence-electron chi connectivity index (χ0n) is 21.8. The molecular weight excluding hydrogens is 412 g/mol. The number of ether oxygens (including phenoxy) is 1. The molecule has 0 aromatic carbocycles. The highest BCUT2D eigenvalue weighted by Gasteiger charge is 2.59. The summed E-state index contributed by atoms with van der Waals surface area (Å²) in [4.78, 5) is 25.0. The molecular formula is C29H46O4. The van der Waals surface area contributed by atoms with Crippen LogP contribution in [0.2, 0.25) is 0 Å². The first-order valence-electron chi connectivity index (χ1n) is 13.6. The fourth-order valence-electron chi connectivity index (χ4n) is 8.55. The van der Waals surface area contributed by atoms with Gasteiger partial charge in [0.1, 0.15) is 0 Å². The molecule has 1 N–H and O–H groups in total. The minimum atomic E-state index is -1.32. The molecule has 186 valence electrons. The summed E-state index contributed by atoms with van der Waals surface area (Å²) in [5.74, 6) is 1.28. The van der Waals surface area contributed by atoms with Crippen LogP contribution in [0.15, 0.2) is 11.1 Å². The van der Waals surface area contributed by atoms with Crippen LogP contribution in [0.3, 0.4) is 0 Å². The summed E-state index contributed by atoms with van der Waals surface area (Å²) >= 11 is 0. The molecule has 0 spiro atoms. The molecule has 3 saturated carbocycles. The number of carbonyl (C=O) groups is 2. The molecule has 7 atom stereocenters. The van der Waals surface area contributed by atoms with E-state index < -0.39 is 11.8 Å². The van der Waals surface area contributed by atoms with Gasteiger partial charge in [-0.25, -0.2) is 0 Å². The maximum Gasteiger partial charge on any atom is 0.305 e. The van der Waals surface area contributed by atoms with Gasteiger partial charge in [-0.05, 0) is 72.5 Å². The molecule has 0 radical (unpaired) electrons. The van der Waals surface area contributed by atoms with Gasteiger partial charge in [-0.1, -0.05) is 59.5 Å². The Morgan fingerprint density at radius 3 is 2.52 bits per heavy atom. The van der Waals surface area contributed by atoms with E-state index in [-0.39, 0.29) is 10.8 Å². The van der Waals surface area contributed by atoms with Crippen LogP contribution >= 0.6 is 0 Å². The third kappa shape index (κ3) is 4.34. The molecule has 0 aromatic rings. The highest BCUT2D eigenvalue weighted by atomic mass is 16.7. The second-order valence-electron chi connectivity index (χ2n) is 12.9. The smallest absolute Gasteiger partial charge is 0.305 e.